The van der Waals surface area contributed by atoms with Gasteiger partial charge in [-0.25, -0.2) is 0 Å². The van der Waals surface area contributed by atoms with E-state index in [9.17, 15) is 4.21 Å². The molecule has 0 amide bonds. The van der Waals surface area contributed by atoms with E-state index in [1.165, 1.54) is 12.0 Å². The minimum absolute atomic E-state index is 0.293. The lowest BCUT2D eigenvalue weighted by Crippen LogP contribution is -2.45. The summed E-state index contributed by atoms with van der Waals surface area (Å²) in [5.74, 6) is 2.11. The van der Waals surface area contributed by atoms with E-state index in [4.69, 9.17) is 0 Å². The van der Waals surface area contributed by atoms with E-state index in [1.807, 2.05) is 25.2 Å². The van der Waals surface area contributed by atoms with Crippen LogP contribution in [0.1, 0.15) is 38.7 Å². The summed E-state index contributed by atoms with van der Waals surface area (Å²) in [6.45, 7) is 4.59. The molecule has 1 saturated carbocycles. The normalized spacial score (nSPS) is 28.5. The molecule has 4 unspecified atom stereocenters. The van der Waals surface area contributed by atoms with E-state index in [-0.39, 0.29) is 0 Å². The fraction of sp³-hybridized carbons (Fsp3) is 0.647. The minimum atomic E-state index is -0.787. The molecule has 1 aliphatic rings. The molecule has 1 aromatic rings. The van der Waals surface area contributed by atoms with Crippen molar-refractivity contribution in [2.45, 2.75) is 50.2 Å². The molecule has 2 rings (SSSR count). The van der Waals surface area contributed by atoms with Crippen LogP contribution in [0.25, 0.3) is 0 Å². The predicted octanol–water partition coefficient (Wildman–Crippen LogP) is 3.35. The van der Waals surface area contributed by atoms with Gasteiger partial charge in [0.05, 0.1) is 5.25 Å². The molecule has 0 aliphatic heterocycles. The van der Waals surface area contributed by atoms with Gasteiger partial charge in [0.25, 0.3) is 0 Å². The topological polar surface area (TPSA) is 29.1 Å². The lowest BCUT2D eigenvalue weighted by atomic mass is 9.79. The Morgan fingerprint density at radius 2 is 1.95 bits per heavy atom. The van der Waals surface area contributed by atoms with E-state index in [2.05, 4.69) is 31.3 Å². The molecule has 0 saturated heterocycles. The zero-order chi connectivity index (χ0) is 14.5. The van der Waals surface area contributed by atoms with Crippen molar-refractivity contribution in [3.63, 3.8) is 0 Å². The van der Waals surface area contributed by atoms with Gasteiger partial charge in [-0.1, -0.05) is 44.2 Å². The molecule has 4 atom stereocenters. The third kappa shape index (κ3) is 3.92. The van der Waals surface area contributed by atoms with E-state index >= 15 is 0 Å². The van der Waals surface area contributed by atoms with Crippen LogP contribution in [0.4, 0.5) is 0 Å². The summed E-state index contributed by atoms with van der Waals surface area (Å²) in [6.07, 6.45) is 3.52. The average molecular weight is 293 g/mol. The zero-order valence-electron chi connectivity index (χ0n) is 12.8. The van der Waals surface area contributed by atoms with Crippen LogP contribution >= 0.6 is 0 Å². The van der Waals surface area contributed by atoms with Crippen molar-refractivity contribution in [3.05, 3.63) is 35.9 Å². The molecule has 0 spiro atoms. The molecule has 112 valence electrons. The molecule has 20 heavy (non-hydrogen) atoms. The fourth-order valence-electron chi connectivity index (χ4n) is 3.23. The third-order valence-electron chi connectivity index (χ3n) is 4.64. The third-order valence-corrected chi connectivity index (χ3v) is 6.45. The van der Waals surface area contributed by atoms with Crippen LogP contribution in [0.5, 0.6) is 0 Å². The zero-order valence-corrected chi connectivity index (χ0v) is 13.7. The average Bonchev–Trinajstić information content (AvgIpc) is 2.47. The first-order valence-electron chi connectivity index (χ1n) is 7.70. The van der Waals surface area contributed by atoms with Gasteiger partial charge in [0.1, 0.15) is 0 Å². The quantitative estimate of drug-likeness (QED) is 0.902. The standard InChI is InChI=1S/C17H27NOS/c1-13(2)15-9-10-16(18-3)17(11-15)20(19)12-14-7-5-4-6-8-14/h4-8,13,15-18H,9-12H2,1-3H3. The van der Waals surface area contributed by atoms with Gasteiger partial charge in [-0.2, -0.15) is 0 Å². The SMILES string of the molecule is CNC1CCC(C(C)C)CC1S(=O)Cc1ccccc1. The van der Waals surface area contributed by atoms with Crippen LogP contribution in [-0.4, -0.2) is 22.5 Å². The number of hydrogen-bond donors (Lipinski definition) is 1. The lowest BCUT2D eigenvalue weighted by Gasteiger charge is -2.37. The van der Waals surface area contributed by atoms with Crippen LogP contribution in [0, 0.1) is 11.8 Å². The first-order valence-corrected chi connectivity index (χ1v) is 9.08. The van der Waals surface area contributed by atoms with Crippen molar-refractivity contribution < 1.29 is 4.21 Å². The molecule has 1 fully saturated rings. The number of hydrogen-bond acceptors (Lipinski definition) is 2. The second-order valence-electron chi connectivity index (χ2n) is 6.26. The number of rotatable bonds is 5. The summed E-state index contributed by atoms with van der Waals surface area (Å²) >= 11 is 0. The van der Waals surface area contributed by atoms with Crippen LogP contribution < -0.4 is 5.32 Å². The summed E-state index contributed by atoms with van der Waals surface area (Å²) in [6, 6.07) is 10.6. The van der Waals surface area contributed by atoms with Gasteiger partial charge in [-0.05, 0) is 43.7 Å². The molecule has 0 aromatic heterocycles. The molecule has 3 heteroatoms. The summed E-state index contributed by atoms with van der Waals surface area (Å²) < 4.78 is 12.8. The van der Waals surface area contributed by atoms with Gasteiger partial charge in [-0.3, -0.25) is 4.21 Å². The number of nitrogens with one attached hydrogen (secondary N) is 1. The second kappa shape index (κ2) is 7.37. The van der Waals surface area contributed by atoms with Gasteiger partial charge in [0.2, 0.25) is 0 Å². The highest BCUT2D eigenvalue weighted by atomic mass is 32.2. The largest absolute Gasteiger partial charge is 0.316 e. The van der Waals surface area contributed by atoms with E-state index in [0.717, 1.165) is 18.8 Å². The van der Waals surface area contributed by atoms with Crippen molar-refractivity contribution in [2.24, 2.45) is 11.8 Å². The van der Waals surface area contributed by atoms with E-state index in [1.54, 1.807) is 0 Å². The summed E-state index contributed by atoms with van der Waals surface area (Å²) in [4.78, 5) is 0. The van der Waals surface area contributed by atoms with E-state index < -0.39 is 10.8 Å². The molecule has 1 aliphatic carbocycles. The molecule has 0 bridgehead atoms. The lowest BCUT2D eigenvalue weighted by molar-refractivity contribution is 0.249. The summed E-state index contributed by atoms with van der Waals surface area (Å²) in [7, 11) is 1.22. The minimum Gasteiger partial charge on any atom is -0.316 e. The maximum absolute atomic E-state index is 12.8. The Morgan fingerprint density at radius 3 is 2.55 bits per heavy atom. The van der Waals surface area contributed by atoms with Crippen molar-refractivity contribution in [3.8, 4) is 0 Å². The highest BCUT2D eigenvalue weighted by Gasteiger charge is 2.34. The molecule has 1 N–H and O–H groups in total. The first kappa shape index (κ1) is 15.7. The Hall–Kier alpha value is -0.670. The Kier molecular flexibility index (Phi) is 5.79. The monoisotopic (exact) mass is 293 g/mol. The molecule has 0 radical (unpaired) electrons. The van der Waals surface area contributed by atoms with Gasteiger partial charge in [-0.15, -0.1) is 0 Å². The maximum atomic E-state index is 12.8. The molecular weight excluding hydrogens is 266 g/mol. The van der Waals surface area contributed by atoms with Gasteiger partial charge in [0.15, 0.2) is 0 Å². The molecule has 2 nitrogen and oxygen atoms in total. The highest BCUT2D eigenvalue weighted by molar-refractivity contribution is 7.84. The second-order valence-corrected chi connectivity index (χ2v) is 7.92. The summed E-state index contributed by atoms with van der Waals surface area (Å²) in [5.41, 5.74) is 1.19. The first-order chi connectivity index (χ1) is 9.61. The fourth-order valence-corrected chi connectivity index (χ4v) is 5.07. The Balaban J connectivity index is 2.04. The smallest absolute Gasteiger partial charge is 0.0507 e. The molecule has 0 heterocycles. The van der Waals surface area contributed by atoms with E-state index in [0.29, 0.717) is 23.0 Å². The summed E-state index contributed by atoms with van der Waals surface area (Å²) in [5, 5.41) is 3.68. The highest BCUT2D eigenvalue weighted by Crippen LogP contribution is 2.33. The molecule has 1 aromatic carbocycles. The van der Waals surface area contributed by atoms with Crippen LogP contribution in [-0.2, 0) is 16.6 Å². The van der Waals surface area contributed by atoms with Crippen LogP contribution in [0.15, 0.2) is 30.3 Å². The maximum Gasteiger partial charge on any atom is 0.0507 e. The van der Waals surface area contributed by atoms with Gasteiger partial charge >= 0.3 is 0 Å². The number of benzene rings is 1. The van der Waals surface area contributed by atoms with Crippen LogP contribution in [0.3, 0.4) is 0 Å². The van der Waals surface area contributed by atoms with Crippen molar-refractivity contribution in [2.75, 3.05) is 7.05 Å². The van der Waals surface area contributed by atoms with Crippen molar-refractivity contribution in [1.29, 1.82) is 0 Å². The predicted molar refractivity (Wildman–Crippen MR) is 87.1 cm³/mol. The van der Waals surface area contributed by atoms with Gasteiger partial charge < -0.3 is 5.32 Å². The van der Waals surface area contributed by atoms with Crippen molar-refractivity contribution >= 4 is 10.8 Å². The molecular formula is C17H27NOS. The Bertz CT molecular complexity index is 432. The Labute approximate surface area is 125 Å². The van der Waals surface area contributed by atoms with Crippen LogP contribution in [0.2, 0.25) is 0 Å². The van der Waals surface area contributed by atoms with Crippen molar-refractivity contribution in [1.82, 2.24) is 5.32 Å². The van der Waals surface area contributed by atoms with Gasteiger partial charge in [0, 0.05) is 22.6 Å². The Morgan fingerprint density at radius 1 is 1.25 bits per heavy atom.